The predicted octanol–water partition coefficient (Wildman–Crippen LogP) is 5.14. The Bertz CT molecular complexity index is 620. The van der Waals surface area contributed by atoms with Gasteiger partial charge in [0.15, 0.2) is 5.75 Å². The lowest BCUT2D eigenvalue weighted by atomic mass is 10.2. The largest absolute Gasteiger partial charge is 0.497 e. The Morgan fingerprint density at radius 1 is 1.05 bits per heavy atom. The fourth-order valence-electron chi connectivity index (χ4n) is 1.43. The molecule has 0 aromatic heterocycles. The topological polar surface area (TPSA) is 44.5 Å². The first-order valence-corrected chi connectivity index (χ1v) is 6.82. The maximum atomic E-state index is 6.09. The maximum Gasteiger partial charge on any atom is 0.154 e. The Kier molecular flexibility index (Phi) is 4.45. The summed E-state index contributed by atoms with van der Waals surface area (Å²) in [5.41, 5.74) is 6.33. The van der Waals surface area contributed by atoms with Gasteiger partial charge in [0.1, 0.15) is 11.5 Å². The first-order chi connectivity index (χ1) is 9.01. The lowest BCUT2D eigenvalue weighted by Crippen LogP contribution is -1.94. The molecule has 19 heavy (non-hydrogen) atoms. The number of nitrogens with two attached hydrogens (primary N) is 1. The molecule has 3 nitrogen and oxygen atoms in total. The molecular weight excluding hydrogens is 353 g/mol. The van der Waals surface area contributed by atoms with E-state index in [9.17, 15) is 0 Å². The minimum absolute atomic E-state index is 0.426. The summed E-state index contributed by atoms with van der Waals surface area (Å²) in [6.45, 7) is 0. The van der Waals surface area contributed by atoms with Gasteiger partial charge in [-0.2, -0.15) is 0 Å². The van der Waals surface area contributed by atoms with E-state index >= 15 is 0 Å². The van der Waals surface area contributed by atoms with Crippen molar-refractivity contribution in [1.29, 1.82) is 0 Å². The molecule has 2 aromatic carbocycles. The fourth-order valence-corrected chi connectivity index (χ4v) is 2.26. The van der Waals surface area contributed by atoms with Crippen molar-refractivity contribution in [1.82, 2.24) is 0 Å². The minimum atomic E-state index is 0.426. The molecule has 6 heteroatoms. The molecule has 0 aliphatic carbocycles. The second kappa shape index (κ2) is 5.90. The van der Waals surface area contributed by atoms with E-state index in [1.165, 1.54) is 0 Å². The number of methoxy groups -OCH3 is 1. The van der Waals surface area contributed by atoms with E-state index < -0.39 is 0 Å². The monoisotopic (exact) mass is 361 g/mol. The molecular formula is C13H10BrCl2NO2. The maximum absolute atomic E-state index is 6.09. The number of ether oxygens (including phenoxy) is 2. The Hall–Kier alpha value is -1.10. The Morgan fingerprint density at radius 2 is 1.79 bits per heavy atom. The highest BCUT2D eigenvalue weighted by Crippen LogP contribution is 2.38. The molecule has 0 bridgehead atoms. The van der Waals surface area contributed by atoms with Gasteiger partial charge in [-0.1, -0.05) is 23.2 Å². The van der Waals surface area contributed by atoms with Gasteiger partial charge in [-0.05, 0) is 34.1 Å². The van der Waals surface area contributed by atoms with Crippen LogP contribution in [-0.2, 0) is 0 Å². The first-order valence-electron chi connectivity index (χ1n) is 5.27. The van der Waals surface area contributed by atoms with E-state index in [2.05, 4.69) is 15.9 Å². The molecule has 0 radical (unpaired) electrons. The molecule has 0 spiro atoms. The minimum Gasteiger partial charge on any atom is -0.497 e. The number of hydrogen-bond acceptors (Lipinski definition) is 3. The van der Waals surface area contributed by atoms with Crippen LogP contribution in [0.4, 0.5) is 5.69 Å². The van der Waals surface area contributed by atoms with E-state index in [0.29, 0.717) is 37.5 Å². The second-order valence-electron chi connectivity index (χ2n) is 3.70. The van der Waals surface area contributed by atoms with Gasteiger partial charge in [0.05, 0.1) is 22.8 Å². The normalized spacial score (nSPS) is 10.3. The van der Waals surface area contributed by atoms with Crippen LogP contribution in [0.1, 0.15) is 0 Å². The van der Waals surface area contributed by atoms with Crippen molar-refractivity contribution in [3.05, 3.63) is 44.8 Å². The number of hydrogen-bond donors (Lipinski definition) is 1. The Morgan fingerprint density at radius 3 is 2.47 bits per heavy atom. The molecule has 0 fully saturated rings. The summed E-state index contributed by atoms with van der Waals surface area (Å²) in [7, 11) is 1.57. The van der Waals surface area contributed by atoms with Crippen LogP contribution in [0.2, 0.25) is 10.0 Å². The van der Waals surface area contributed by atoms with E-state index in [1.54, 1.807) is 37.4 Å². The van der Waals surface area contributed by atoms with Crippen molar-refractivity contribution in [2.24, 2.45) is 0 Å². The summed E-state index contributed by atoms with van der Waals surface area (Å²) in [6.07, 6.45) is 0. The first kappa shape index (κ1) is 14.3. The number of benzene rings is 2. The Balaban J connectivity index is 2.38. The van der Waals surface area contributed by atoms with E-state index in [1.807, 2.05) is 0 Å². The predicted molar refractivity (Wildman–Crippen MR) is 81.6 cm³/mol. The molecule has 0 saturated carbocycles. The third-order valence-electron chi connectivity index (χ3n) is 2.42. The van der Waals surface area contributed by atoms with Crippen LogP contribution in [0, 0.1) is 0 Å². The molecule has 0 atom stereocenters. The molecule has 0 aliphatic heterocycles. The average molecular weight is 363 g/mol. The molecule has 2 aromatic rings. The molecule has 0 amide bonds. The van der Waals surface area contributed by atoms with E-state index in [-0.39, 0.29) is 0 Å². The van der Waals surface area contributed by atoms with Crippen molar-refractivity contribution in [3.8, 4) is 17.2 Å². The van der Waals surface area contributed by atoms with Crippen molar-refractivity contribution in [2.45, 2.75) is 0 Å². The molecule has 0 heterocycles. The van der Waals surface area contributed by atoms with Crippen LogP contribution in [0.15, 0.2) is 34.8 Å². The smallest absolute Gasteiger partial charge is 0.154 e. The van der Waals surface area contributed by atoms with Crippen LogP contribution in [0.25, 0.3) is 0 Å². The van der Waals surface area contributed by atoms with E-state index in [0.717, 1.165) is 0 Å². The molecule has 0 saturated heterocycles. The summed E-state index contributed by atoms with van der Waals surface area (Å²) in [4.78, 5) is 0. The highest BCUT2D eigenvalue weighted by atomic mass is 79.9. The number of anilines is 1. The number of halogens is 3. The summed E-state index contributed by atoms with van der Waals surface area (Å²) < 4.78 is 11.5. The van der Waals surface area contributed by atoms with Gasteiger partial charge in [-0.25, -0.2) is 0 Å². The van der Waals surface area contributed by atoms with Gasteiger partial charge >= 0.3 is 0 Å². The highest BCUT2D eigenvalue weighted by molar-refractivity contribution is 9.10. The zero-order valence-corrected chi connectivity index (χ0v) is 13.0. The number of nitrogen functional groups attached to an aromatic ring is 1. The average Bonchev–Trinajstić information content (AvgIpc) is 2.38. The molecule has 0 unspecified atom stereocenters. The van der Waals surface area contributed by atoms with Gasteiger partial charge in [0.2, 0.25) is 0 Å². The third kappa shape index (κ3) is 3.26. The van der Waals surface area contributed by atoms with E-state index in [4.69, 9.17) is 38.4 Å². The van der Waals surface area contributed by atoms with Gasteiger partial charge in [-0.3, -0.25) is 0 Å². The van der Waals surface area contributed by atoms with Crippen LogP contribution in [0.3, 0.4) is 0 Å². The van der Waals surface area contributed by atoms with Crippen molar-refractivity contribution < 1.29 is 9.47 Å². The summed E-state index contributed by atoms with van der Waals surface area (Å²) >= 11 is 15.4. The third-order valence-corrected chi connectivity index (χ3v) is 3.91. The van der Waals surface area contributed by atoms with Gasteiger partial charge in [0.25, 0.3) is 0 Å². The van der Waals surface area contributed by atoms with Crippen LogP contribution in [0.5, 0.6) is 17.2 Å². The van der Waals surface area contributed by atoms with Gasteiger partial charge in [-0.15, -0.1) is 0 Å². The summed E-state index contributed by atoms with van der Waals surface area (Å²) in [6, 6.07) is 8.41. The summed E-state index contributed by atoms with van der Waals surface area (Å²) in [5.74, 6) is 1.53. The standard InChI is InChI=1S/C13H10BrCl2NO2/c1-18-7-2-3-11(17)13(4-7)19-12-6-9(15)8(14)5-10(12)16/h2-6H,17H2,1H3. The van der Waals surface area contributed by atoms with Gasteiger partial charge < -0.3 is 15.2 Å². The van der Waals surface area contributed by atoms with Crippen LogP contribution in [-0.4, -0.2) is 7.11 Å². The molecule has 100 valence electrons. The Labute approximate surface area is 129 Å². The zero-order valence-electron chi connectivity index (χ0n) is 9.91. The van der Waals surface area contributed by atoms with Crippen molar-refractivity contribution in [3.63, 3.8) is 0 Å². The van der Waals surface area contributed by atoms with Crippen LogP contribution < -0.4 is 15.2 Å². The zero-order chi connectivity index (χ0) is 14.0. The second-order valence-corrected chi connectivity index (χ2v) is 5.37. The lowest BCUT2D eigenvalue weighted by Gasteiger charge is -2.12. The lowest BCUT2D eigenvalue weighted by molar-refractivity contribution is 0.409. The molecule has 0 aliphatic rings. The summed E-state index contributed by atoms with van der Waals surface area (Å²) in [5, 5.41) is 0.930. The van der Waals surface area contributed by atoms with Crippen molar-refractivity contribution >= 4 is 44.8 Å². The molecule has 2 rings (SSSR count). The highest BCUT2D eigenvalue weighted by Gasteiger charge is 2.10. The van der Waals surface area contributed by atoms with Crippen LogP contribution >= 0.6 is 39.1 Å². The molecule has 2 N–H and O–H groups in total. The number of rotatable bonds is 3. The van der Waals surface area contributed by atoms with Crippen molar-refractivity contribution in [2.75, 3.05) is 12.8 Å². The SMILES string of the molecule is COc1ccc(N)c(Oc2cc(Cl)c(Br)cc2Cl)c1. The quantitative estimate of drug-likeness (QED) is 0.607. The fraction of sp³-hybridized carbons (Fsp3) is 0.0769. The van der Waals surface area contributed by atoms with Gasteiger partial charge in [0, 0.05) is 16.6 Å².